The summed E-state index contributed by atoms with van der Waals surface area (Å²) in [6, 6.07) is 19.6. The number of benzene rings is 2. The average molecular weight is 426 g/mol. The van der Waals surface area contributed by atoms with Crippen LogP contribution in [0.3, 0.4) is 0 Å². The van der Waals surface area contributed by atoms with Crippen LogP contribution >= 0.6 is 0 Å². The number of hydrogen-bond donors (Lipinski definition) is 0. The number of carbonyl (C=O) groups is 1. The third-order valence-electron chi connectivity index (χ3n) is 5.50. The molecule has 0 aliphatic carbocycles. The van der Waals surface area contributed by atoms with E-state index in [1.165, 1.54) is 0 Å². The second kappa shape index (κ2) is 9.60. The molecule has 4 aromatic rings. The van der Waals surface area contributed by atoms with E-state index < -0.39 is 0 Å². The zero-order valence-electron chi connectivity index (χ0n) is 18.7. The van der Waals surface area contributed by atoms with Crippen LogP contribution in [0.15, 0.2) is 71.9 Å². The molecule has 0 radical (unpaired) electrons. The van der Waals surface area contributed by atoms with Gasteiger partial charge in [0, 0.05) is 40.4 Å². The molecule has 0 aliphatic heterocycles. The Morgan fingerprint density at radius 1 is 1.09 bits per heavy atom. The predicted molar refractivity (Wildman–Crippen MR) is 129 cm³/mol. The van der Waals surface area contributed by atoms with Crippen LogP contribution < -0.4 is 0 Å². The molecule has 0 atom stereocenters. The van der Waals surface area contributed by atoms with Crippen molar-refractivity contribution in [1.29, 1.82) is 0 Å². The normalized spacial score (nSPS) is 11.3. The maximum atomic E-state index is 12.0. The summed E-state index contributed by atoms with van der Waals surface area (Å²) in [4.78, 5) is 21.1. The first-order chi connectivity index (χ1) is 15.6. The minimum Gasteiger partial charge on any atom is -0.462 e. The van der Waals surface area contributed by atoms with Crippen molar-refractivity contribution in [2.24, 2.45) is 4.99 Å². The molecule has 5 heteroatoms. The summed E-state index contributed by atoms with van der Waals surface area (Å²) in [5.41, 5.74) is 6.73. The number of carbonyl (C=O) groups excluding carboxylic acids is 1. The summed E-state index contributed by atoms with van der Waals surface area (Å²) < 4.78 is 7.48. The highest BCUT2D eigenvalue weighted by molar-refractivity contribution is 5.90. The summed E-state index contributed by atoms with van der Waals surface area (Å²) in [5.74, 6) is -0.289. The molecule has 0 fully saturated rings. The van der Waals surface area contributed by atoms with Gasteiger partial charge in [-0.15, -0.1) is 0 Å². The highest BCUT2D eigenvalue weighted by Gasteiger charge is 2.10. The monoisotopic (exact) mass is 425 g/mol. The standard InChI is InChI=1S/C27H27N3O2/c1-4-5-15-32-27(31)21-8-10-24(11-9-21)29-18-23-16-19(2)30(20(23)3)25-12-13-26-22(17-25)7-6-14-28-26/h6-14,16-18H,4-5,15H2,1-3H3. The number of aromatic nitrogens is 2. The molecular weight excluding hydrogens is 398 g/mol. The predicted octanol–water partition coefficient (Wildman–Crippen LogP) is 6.35. The molecule has 0 N–H and O–H groups in total. The fourth-order valence-corrected chi connectivity index (χ4v) is 3.74. The molecule has 0 saturated carbocycles. The number of aryl methyl sites for hydroxylation is 1. The molecule has 32 heavy (non-hydrogen) atoms. The largest absolute Gasteiger partial charge is 0.462 e. The van der Waals surface area contributed by atoms with Crippen LogP contribution in [0.25, 0.3) is 16.6 Å². The van der Waals surface area contributed by atoms with E-state index in [0.29, 0.717) is 12.2 Å². The zero-order valence-corrected chi connectivity index (χ0v) is 18.7. The molecule has 162 valence electrons. The van der Waals surface area contributed by atoms with Gasteiger partial charge in [-0.1, -0.05) is 19.4 Å². The van der Waals surface area contributed by atoms with Gasteiger partial charge in [-0.05, 0) is 74.9 Å². The Labute approximate surface area is 188 Å². The number of esters is 1. The lowest BCUT2D eigenvalue weighted by Gasteiger charge is -2.10. The van der Waals surface area contributed by atoms with Crippen LogP contribution in [0.4, 0.5) is 5.69 Å². The summed E-state index contributed by atoms with van der Waals surface area (Å²) in [7, 11) is 0. The molecule has 2 heterocycles. The van der Waals surface area contributed by atoms with Crippen LogP contribution in [0.2, 0.25) is 0 Å². The molecule has 0 amide bonds. The minimum absolute atomic E-state index is 0.289. The van der Waals surface area contributed by atoms with Crippen LogP contribution in [0, 0.1) is 13.8 Å². The Hall–Kier alpha value is -3.73. The lowest BCUT2D eigenvalue weighted by Crippen LogP contribution is -2.05. The Morgan fingerprint density at radius 2 is 1.91 bits per heavy atom. The highest BCUT2D eigenvalue weighted by atomic mass is 16.5. The molecule has 2 aromatic carbocycles. The number of unbranched alkanes of at least 4 members (excludes halogenated alkanes) is 1. The Morgan fingerprint density at radius 3 is 2.69 bits per heavy atom. The zero-order chi connectivity index (χ0) is 22.5. The van der Waals surface area contributed by atoms with Gasteiger partial charge in [0.1, 0.15) is 0 Å². The fourth-order valence-electron chi connectivity index (χ4n) is 3.74. The van der Waals surface area contributed by atoms with Crippen molar-refractivity contribution in [3.8, 4) is 5.69 Å². The quantitative estimate of drug-likeness (QED) is 0.197. The maximum absolute atomic E-state index is 12.0. The summed E-state index contributed by atoms with van der Waals surface area (Å²) in [6.07, 6.45) is 5.56. The topological polar surface area (TPSA) is 56.5 Å². The van der Waals surface area contributed by atoms with Crippen molar-refractivity contribution >= 4 is 28.8 Å². The van der Waals surface area contributed by atoms with Crippen molar-refractivity contribution in [3.63, 3.8) is 0 Å². The van der Waals surface area contributed by atoms with Crippen molar-refractivity contribution < 1.29 is 9.53 Å². The van der Waals surface area contributed by atoms with Gasteiger partial charge < -0.3 is 9.30 Å². The second-order valence-corrected chi connectivity index (χ2v) is 7.84. The van der Waals surface area contributed by atoms with E-state index in [-0.39, 0.29) is 5.97 Å². The third kappa shape index (κ3) is 4.62. The number of fused-ring (bicyclic) bond motifs is 1. The number of nitrogens with zero attached hydrogens (tertiary/aromatic N) is 3. The molecule has 0 saturated heterocycles. The molecule has 0 aliphatic rings. The van der Waals surface area contributed by atoms with E-state index in [9.17, 15) is 4.79 Å². The molecule has 0 unspecified atom stereocenters. The van der Waals surface area contributed by atoms with Crippen molar-refractivity contribution in [2.45, 2.75) is 33.6 Å². The highest BCUT2D eigenvalue weighted by Crippen LogP contribution is 2.23. The lowest BCUT2D eigenvalue weighted by molar-refractivity contribution is 0.0500. The molecule has 0 bridgehead atoms. The Balaban J connectivity index is 1.53. The molecule has 2 aromatic heterocycles. The fraction of sp³-hybridized carbons (Fsp3) is 0.222. The van der Waals surface area contributed by atoms with E-state index in [2.05, 4.69) is 59.6 Å². The van der Waals surface area contributed by atoms with Crippen LogP contribution in [-0.2, 0) is 4.74 Å². The van der Waals surface area contributed by atoms with E-state index in [0.717, 1.165) is 52.1 Å². The van der Waals surface area contributed by atoms with Gasteiger partial charge in [-0.2, -0.15) is 0 Å². The van der Waals surface area contributed by atoms with E-state index in [1.807, 2.05) is 36.7 Å². The lowest BCUT2D eigenvalue weighted by atomic mass is 10.2. The van der Waals surface area contributed by atoms with Crippen molar-refractivity contribution in [1.82, 2.24) is 9.55 Å². The summed E-state index contributed by atoms with van der Waals surface area (Å²) >= 11 is 0. The van der Waals surface area contributed by atoms with E-state index in [4.69, 9.17) is 4.74 Å². The second-order valence-electron chi connectivity index (χ2n) is 7.84. The van der Waals surface area contributed by atoms with Gasteiger partial charge in [-0.25, -0.2) is 4.79 Å². The number of hydrogen-bond acceptors (Lipinski definition) is 4. The average Bonchev–Trinajstić information content (AvgIpc) is 3.10. The molecule has 0 spiro atoms. The third-order valence-corrected chi connectivity index (χ3v) is 5.50. The number of aliphatic imine (C=N–C) groups is 1. The molecule has 5 nitrogen and oxygen atoms in total. The van der Waals surface area contributed by atoms with Gasteiger partial charge in [0.15, 0.2) is 0 Å². The van der Waals surface area contributed by atoms with Crippen LogP contribution in [-0.4, -0.2) is 28.3 Å². The number of rotatable bonds is 7. The van der Waals surface area contributed by atoms with Crippen molar-refractivity contribution in [3.05, 3.63) is 89.4 Å². The summed E-state index contributed by atoms with van der Waals surface area (Å²) in [6.45, 7) is 6.71. The first kappa shape index (κ1) is 21.5. The number of pyridine rings is 1. The first-order valence-electron chi connectivity index (χ1n) is 10.9. The van der Waals surface area contributed by atoms with Gasteiger partial charge in [0.05, 0.1) is 23.4 Å². The first-order valence-corrected chi connectivity index (χ1v) is 10.9. The number of ether oxygens (including phenoxy) is 1. The smallest absolute Gasteiger partial charge is 0.338 e. The summed E-state index contributed by atoms with van der Waals surface area (Å²) in [5, 5.41) is 1.11. The maximum Gasteiger partial charge on any atom is 0.338 e. The van der Waals surface area contributed by atoms with Crippen molar-refractivity contribution in [2.75, 3.05) is 6.61 Å². The minimum atomic E-state index is -0.289. The van der Waals surface area contributed by atoms with Gasteiger partial charge in [0.2, 0.25) is 0 Å². The SMILES string of the molecule is CCCCOC(=O)c1ccc(N=Cc2cc(C)n(-c3ccc4ncccc4c3)c2C)cc1. The van der Waals surface area contributed by atoms with Crippen LogP contribution in [0.1, 0.15) is 47.1 Å². The Kier molecular flexibility index (Phi) is 6.45. The van der Waals surface area contributed by atoms with Gasteiger partial charge >= 0.3 is 5.97 Å². The van der Waals surface area contributed by atoms with E-state index >= 15 is 0 Å². The van der Waals surface area contributed by atoms with E-state index in [1.54, 1.807) is 12.1 Å². The van der Waals surface area contributed by atoms with Crippen LogP contribution in [0.5, 0.6) is 0 Å². The Bertz CT molecular complexity index is 1270. The van der Waals surface area contributed by atoms with Gasteiger partial charge in [0.25, 0.3) is 0 Å². The molecule has 4 rings (SSSR count). The van der Waals surface area contributed by atoms with Gasteiger partial charge in [-0.3, -0.25) is 9.98 Å². The molecular formula is C27H27N3O2.